The highest BCUT2D eigenvalue weighted by molar-refractivity contribution is 6.21. The van der Waals surface area contributed by atoms with Crippen LogP contribution in [0.5, 0.6) is 0 Å². The zero-order valence-electron chi connectivity index (χ0n) is 9.25. The van der Waals surface area contributed by atoms with Crippen LogP contribution in [-0.2, 0) is 4.79 Å². The average molecular weight is 230 g/mol. The first-order chi connectivity index (χ1) is 7.25. The number of alkyl halides is 1. The topological polar surface area (TPSA) is 20.3 Å². The molecule has 3 heteroatoms. The Kier molecular flexibility index (Phi) is 3.90. The lowest BCUT2D eigenvalue weighted by molar-refractivity contribution is -0.131. The summed E-state index contributed by atoms with van der Waals surface area (Å²) in [5, 5.41) is 0.195. The minimum absolute atomic E-state index is 0.195. The lowest BCUT2D eigenvalue weighted by Crippen LogP contribution is -2.30. The molecule has 86 valence electrons. The van der Waals surface area contributed by atoms with Crippen molar-refractivity contribution in [3.8, 4) is 0 Å². The Morgan fingerprint density at radius 3 is 2.53 bits per heavy atom. The average Bonchev–Trinajstić information content (AvgIpc) is 2.66. The molecule has 2 nitrogen and oxygen atoms in total. The molecule has 1 amide bonds. The van der Waals surface area contributed by atoms with Crippen LogP contribution in [-0.4, -0.2) is 29.3 Å². The molecule has 1 heterocycles. The number of hydrogen-bond donors (Lipinski definition) is 0. The number of halogens is 1. The maximum absolute atomic E-state index is 11.9. The smallest absolute Gasteiger partial charge is 0.222 e. The summed E-state index contributed by atoms with van der Waals surface area (Å²) in [6, 6.07) is 0. The lowest BCUT2D eigenvalue weighted by atomic mass is 9.87. The fourth-order valence-corrected chi connectivity index (χ4v) is 2.98. The molecule has 2 rings (SSSR count). The summed E-state index contributed by atoms with van der Waals surface area (Å²) in [5.74, 6) is 0.991. The van der Waals surface area contributed by atoms with E-state index >= 15 is 0 Å². The Morgan fingerprint density at radius 1 is 1.20 bits per heavy atom. The number of rotatable bonds is 2. The van der Waals surface area contributed by atoms with Gasteiger partial charge in [0.2, 0.25) is 5.91 Å². The zero-order chi connectivity index (χ0) is 10.7. The van der Waals surface area contributed by atoms with Crippen LogP contribution >= 0.6 is 11.6 Å². The molecule has 2 aliphatic rings. The maximum Gasteiger partial charge on any atom is 0.222 e. The van der Waals surface area contributed by atoms with E-state index in [0.29, 0.717) is 11.8 Å². The first kappa shape index (κ1) is 11.3. The third kappa shape index (κ3) is 3.10. The van der Waals surface area contributed by atoms with Gasteiger partial charge in [-0.3, -0.25) is 4.79 Å². The standard InChI is InChI=1S/C12H20ClNO/c13-11-6-7-14(9-11)12(15)8-10-4-2-1-3-5-10/h10-11H,1-9H2. The molecule has 0 N–H and O–H groups in total. The second-order valence-corrected chi connectivity index (χ2v) is 5.55. The van der Waals surface area contributed by atoms with Crippen molar-refractivity contribution in [3.05, 3.63) is 0 Å². The molecule has 1 aliphatic heterocycles. The van der Waals surface area contributed by atoms with Gasteiger partial charge in [0.15, 0.2) is 0 Å². The van der Waals surface area contributed by atoms with E-state index in [4.69, 9.17) is 11.6 Å². The highest BCUT2D eigenvalue weighted by Crippen LogP contribution is 2.27. The van der Waals surface area contributed by atoms with E-state index in [1.165, 1.54) is 32.1 Å². The van der Waals surface area contributed by atoms with Gasteiger partial charge >= 0.3 is 0 Å². The normalized spacial score (nSPS) is 28.3. The van der Waals surface area contributed by atoms with Crippen LogP contribution in [0.2, 0.25) is 0 Å². The molecule has 0 radical (unpaired) electrons. The van der Waals surface area contributed by atoms with Gasteiger partial charge in [-0.1, -0.05) is 19.3 Å². The van der Waals surface area contributed by atoms with Crippen LogP contribution in [0.3, 0.4) is 0 Å². The molecule has 1 saturated heterocycles. The van der Waals surface area contributed by atoms with E-state index in [1.807, 2.05) is 4.90 Å². The van der Waals surface area contributed by atoms with Crippen molar-refractivity contribution < 1.29 is 4.79 Å². The Balaban J connectivity index is 1.76. The van der Waals surface area contributed by atoms with Crippen molar-refractivity contribution in [1.29, 1.82) is 0 Å². The maximum atomic E-state index is 11.9. The number of amides is 1. The molecular formula is C12H20ClNO. The largest absolute Gasteiger partial charge is 0.341 e. The van der Waals surface area contributed by atoms with Crippen molar-refractivity contribution in [3.63, 3.8) is 0 Å². The van der Waals surface area contributed by atoms with Gasteiger partial charge in [0.1, 0.15) is 0 Å². The number of carbonyl (C=O) groups is 1. The molecule has 1 saturated carbocycles. The number of hydrogen-bond acceptors (Lipinski definition) is 1. The third-order valence-corrected chi connectivity index (χ3v) is 4.03. The molecule has 1 atom stereocenters. The molecule has 1 unspecified atom stereocenters. The minimum atomic E-state index is 0.195. The van der Waals surface area contributed by atoms with Gasteiger partial charge in [-0.05, 0) is 25.2 Å². The van der Waals surface area contributed by atoms with E-state index in [9.17, 15) is 4.79 Å². The highest BCUT2D eigenvalue weighted by Gasteiger charge is 2.26. The van der Waals surface area contributed by atoms with Crippen molar-refractivity contribution in [1.82, 2.24) is 4.90 Å². The minimum Gasteiger partial charge on any atom is -0.341 e. The van der Waals surface area contributed by atoms with E-state index < -0.39 is 0 Å². The van der Waals surface area contributed by atoms with Crippen LogP contribution in [0, 0.1) is 5.92 Å². The van der Waals surface area contributed by atoms with Gasteiger partial charge in [-0.2, -0.15) is 0 Å². The fourth-order valence-electron chi connectivity index (χ4n) is 2.71. The number of carbonyl (C=O) groups excluding carboxylic acids is 1. The molecular weight excluding hydrogens is 210 g/mol. The molecule has 0 aromatic carbocycles. The Bertz CT molecular complexity index is 226. The molecule has 1 aliphatic carbocycles. The molecule has 0 aromatic heterocycles. The number of likely N-dealkylation sites (tertiary alicyclic amines) is 1. The van der Waals surface area contributed by atoms with Gasteiger partial charge in [-0.25, -0.2) is 0 Å². The first-order valence-electron chi connectivity index (χ1n) is 6.17. The Labute approximate surface area is 97.0 Å². The summed E-state index contributed by atoms with van der Waals surface area (Å²) in [4.78, 5) is 13.9. The zero-order valence-corrected chi connectivity index (χ0v) is 10.0. The second kappa shape index (κ2) is 5.20. The Morgan fingerprint density at radius 2 is 1.93 bits per heavy atom. The summed E-state index contributed by atoms with van der Waals surface area (Å²) < 4.78 is 0. The van der Waals surface area contributed by atoms with Crippen LogP contribution in [0.1, 0.15) is 44.9 Å². The van der Waals surface area contributed by atoms with E-state index in [1.54, 1.807) is 0 Å². The van der Waals surface area contributed by atoms with Gasteiger partial charge in [0.05, 0.1) is 5.38 Å². The monoisotopic (exact) mass is 229 g/mol. The quantitative estimate of drug-likeness (QED) is 0.667. The van der Waals surface area contributed by atoms with Gasteiger partial charge in [-0.15, -0.1) is 11.6 Å². The highest BCUT2D eigenvalue weighted by atomic mass is 35.5. The molecule has 2 fully saturated rings. The van der Waals surface area contributed by atoms with E-state index in [0.717, 1.165) is 25.9 Å². The van der Waals surface area contributed by atoms with Crippen molar-refractivity contribution >= 4 is 17.5 Å². The third-order valence-electron chi connectivity index (χ3n) is 3.67. The van der Waals surface area contributed by atoms with Crippen LogP contribution in [0.15, 0.2) is 0 Å². The summed E-state index contributed by atoms with van der Waals surface area (Å²) in [6.07, 6.45) is 8.24. The predicted octanol–water partition coefficient (Wildman–Crippen LogP) is 2.80. The van der Waals surface area contributed by atoms with Crippen LogP contribution in [0.25, 0.3) is 0 Å². The molecule has 0 bridgehead atoms. The van der Waals surface area contributed by atoms with Crippen LogP contribution in [0.4, 0.5) is 0 Å². The predicted molar refractivity (Wildman–Crippen MR) is 62.0 cm³/mol. The second-order valence-electron chi connectivity index (χ2n) is 4.93. The van der Waals surface area contributed by atoms with Crippen molar-refractivity contribution in [2.45, 2.75) is 50.3 Å². The summed E-state index contributed by atoms with van der Waals surface area (Å²) >= 11 is 6.00. The SMILES string of the molecule is O=C(CC1CCCCC1)N1CCC(Cl)C1. The summed E-state index contributed by atoms with van der Waals surface area (Å²) in [6.45, 7) is 1.65. The van der Waals surface area contributed by atoms with Crippen molar-refractivity contribution in [2.75, 3.05) is 13.1 Å². The van der Waals surface area contributed by atoms with E-state index in [-0.39, 0.29) is 5.38 Å². The van der Waals surface area contributed by atoms with Crippen LogP contribution < -0.4 is 0 Å². The Hall–Kier alpha value is -0.240. The fraction of sp³-hybridized carbons (Fsp3) is 0.917. The van der Waals surface area contributed by atoms with Gasteiger partial charge in [0, 0.05) is 19.5 Å². The molecule has 15 heavy (non-hydrogen) atoms. The van der Waals surface area contributed by atoms with E-state index in [2.05, 4.69) is 0 Å². The molecule has 0 aromatic rings. The van der Waals surface area contributed by atoms with Crippen molar-refractivity contribution in [2.24, 2.45) is 5.92 Å². The first-order valence-corrected chi connectivity index (χ1v) is 6.61. The van der Waals surface area contributed by atoms with Gasteiger partial charge < -0.3 is 4.90 Å². The summed E-state index contributed by atoms with van der Waals surface area (Å²) in [5.41, 5.74) is 0. The van der Waals surface area contributed by atoms with Gasteiger partial charge in [0.25, 0.3) is 0 Å². The lowest BCUT2D eigenvalue weighted by Gasteiger charge is -2.23. The summed E-state index contributed by atoms with van der Waals surface area (Å²) in [7, 11) is 0. The molecule has 0 spiro atoms. The number of nitrogens with zero attached hydrogens (tertiary/aromatic N) is 1.